The molecule has 19 heavy (non-hydrogen) atoms. The van der Waals surface area contributed by atoms with Crippen molar-refractivity contribution in [2.24, 2.45) is 5.73 Å². The lowest BCUT2D eigenvalue weighted by atomic mass is 10.1. The number of benzene rings is 1. The highest BCUT2D eigenvalue weighted by atomic mass is 16.5. The molecule has 1 aliphatic rings. The van der Waals surface area contributed by atoms with E-state index in [2.05, 4.69) is 15.0 Å². The predicted molar refractivity (Wildman–Crippen MR) is 72.8 cm³/mol. The maximum absolute atomic E-state index is 6.14. The van der Waals surface area contributed by atoms with E-state index in [9.17, 15) is 0 Å². The minimum atomic E-state index is -0.354. The molecule has 1 unspecified atom stereocenters. The third-order valence-corrected chi connectivity index (χ3v) is 3.49. The van der Waals surface area contributed by atoms with Crippen LogP contribution in [0.4, 0.5) is 5.95 Å². The molecule has 0 radical (unpaired) electrons. The molecule has 1 saturated heterocycles. The van der Waals surface area contributed by atoms with Gasteiger partial charge in [-0.05, 0) is 30.0 Å². The lowest BCUT2D eigenvalue weighted by molar-refractivity contribution is 0.365. The van der Waals surface area contributed by atoms with Crippen molar-refractivity contribution in [2.45, 2.75) is 25.3 Å². The number of nitrogens with zero attached hydrogens (tertiary/aromatic N) is 3. The molecule has 1 atom stereocenters. The Hall–Kier alpha value is -1.88. The molecule has 100 valence electrons. The molecule has 0 spiro atoms. The zero-order valence-corrected chi connectivity index (χ0v) is 10.8. The number of aromatic nitrogens is 2. The summed E-state index contributed by atoms with van der Waals surface area (Å²) < 4.78 is 5.31. The molecule has 0 saturated carbocycles. The topological polar surface area (TPSA) is 68.2 Å². The normalized spacial score (nSPS) is 17.4. The van der Waals surface area contributed by atoms with Crippen molar-refractivity contribution in [3.05, 3.63) is 41.8 Å². The summed E-state index contributed by atoms with van der Waals surface area (Å²) in [5.74, 6) is 1.15. The van der Waals surface area contributed by atoms with Crippen molar-refractivity contribution in [2.75, 3.05) is 18.0 Å². The van der Waals surface area contributed by atoms with Crippen molar-refractivity contribution in [1.82, 2.24) is 10.1 Å². The van der Waals surface area contributed by atoms with E-state index in [4.69, 9.17) is 10.3 Å². The highest BCUT2D eigenvalue weighted by molar-refractivity contribution is 5.30. The van der Waals surface area contributed by atoms with Crippen LogP contribution >= 0.6 is 0 Å². The Labute approximate surface area is 112 Å². The average molecular weight is 258 g/mol. The number of piperidine rings is 1. The average Bonchev–Trinajstić information content (AvgIpc) is 2.98. The second-order valence-corrected chi connectivity index (χ2v) is 4.87. The quantitative estimate of drug-likeness (QED) is 0.913. The van der Waals surface area contributed by atoms with Crippen LogP contribution in [0.1, 0.15) is 36.8 Å². The van der Waals surface area contributed by atoms with Crippen LogP contribution < -0.4 is 10.6 Å². The number of nitrogens with two attached hydrogens (primary N) is 1. The lowest BCUT2D eigenvalue weighted by Crippen LogP contribution is -2.30. The fourth-order valence-electron chi connectivity index (χ4n) is 2.38. The highest BCUT2D eigenvalue weighted by Crippen LogP contribution is 2.21. The van der Waals surface area contributed by atoms with Crippen molar-refractivity contribution >= 4 is 5.95 Å². The van der Waals surface area contributed by atoms with E-state index >= 15 is 0 Å². The first kappa shape index (κ1) is 12.2. The van der Waals surface area contributed by atoms with Gasteiger partial charge in [-0.25, -0.2) is 0 Å². The molecule has 0 aliphatic carbocycles. The molecule has 3 rings (SSSR count). The molecule has 0 bridgehead atoms. The van der Waals surface area contributed by atoms with Crippen molar-refractivity contribution in [3.63, 3.8) is 0 Å². The maximum atomic E-state index is 6.14. The molecular weight excluding hydrogens is 240 g/mol. The Morgan fingerprint density at radius 2 is 1.84 bits per heavy atom. The first-order valence-electron chi connectivity index (χ1n) is 6.73. The summed E-state index contributed by atoms with van der Waals surface area (Å²) >= 11 is 0. The molecular formula is C14H18N4O. The third-order valence-electron chi connectivity index (χ3n) is 3.49. The highest BCUT2D eigenvalue weighted by Gasteiger charge is 2.20. The number of hydrogen-bond donors (Lipinski definition) is 1. The first-order valence-corrected chi connectivity index (χ1v) is 6.73. The van der Waals surface area contributed by atoms with Gasteiger partial charge in [-0.15, -0.1) is 0 Å². The first-order chi connectivity index (χ1) is 9.34. The summed E-state index contributed by atoms with van der Waals surface area (Å²) in [4.78, 5) is 6.59. The molecule has 5 nitrogen and oxygen atoms in total. The SMILES string of the molecule is NC(c1ccccc1)c1nc(N2CCCCC2)no1. The summed E-state index contributed by atoms with van der Waals surface area (Å²) in [5, 5.41) is 4.05. The van der Waals surface area contributed by atoms with Gasteiger partial charge in [0, 0.05) is 13.1 Å². The van der Waals surface area contributed by atoms with Crippen LogP contribution in [0.2, 0.25) is 0 Å². The van der Waals surface area contributed by atoms with Gasteiger partial charge in [-0.3, -0.25) is 0 Å². The molecule has 1 aliphatic heterocycles. The van der Waals surface area contributed by atoms with Crippen LogP contribution in [0.15, 0.2) is 34.9 Å². The third kappa shape index (κ3) is 2.61. The summed E-state index contributed by atoms with van der Waals surface area (Å²) in [6.07, 6.45) is 3.66. The van der Waals surface area contributed by atoms with E-state index in [1.807, 2.05) is 30.3 Å². The molecule has 5 heteroatoms. The second-order valence-electron chi connectivity index (χ2n) is 4.87. The van der Waals surface area contributed by atoms with Crippen LogP contribution in [-0.2, 0) is 0 Å². The summed E-state index contributed by atoms with van der Waals surface area (Å²) in [7, 11) is 0. The molecule has 0 amide bonds. The second kappa shape index (κ2) is 5.40. The van der Waals surface area contributed by atoms with Crippen LogP contribution in [0, 0.1) is 0 Å². The lowest BCUT2D eigenvalue weighted by Gasteiger charge is -2.24. The minimum Gasteiger partial charge on any atom is -0.338 e. The Bertz CT molecular complexity index is 519. The van der Waals surface area contributed by atoms with Crippen molar-refractivity contribution < 1.29 is 4.52 Å². The summed E-state index contributed by atoms with van der Waals surface area (Å²) in [6, 6.07) is 9.45. The standard InChI is InChI=1S/C14H18N4O/c15-12(11-7-3-1-4-8-11)13-16-14(17-19-13)18-9-5-2-6-10-18/h1,3-4,7-8,12H,2,5-6,9-10,15H2. The van der Waals surface area contributed by atoms with Crippen LogP contribution in [0.25, 0.3) is 0 Å². The molecule has 1 aromatic heterocycles. The van der Waals surface area contributed by atoms with Gasteiger partial charge in [0.15, 0.2) is 0 Å². The summed E-state index contributed by atoms with van der Waals surface area (Å²) in [6.45, 7) is 2.00. The van der Waals surface area contributed by atoms with Crippen LogP contribution in [-0.4, -0.2) is 23.2 Å². The van der Waals surface area contributed by atoms with Gasteiger partial charge in [0.2, 0.25) is 5.89 Å². The van der Waals surface area contributed by atoms with E-state index in [-0.39, 0.29) is 6.04 Å². The van der Waals surface area contributed by atoms with Gasteiger partial charge in [-0.1, -0.05) is 30.3 Å². The van der Waals surface area contributed by atoms with Crippen LogP contribution in [0.3, 0.4) is 0 Å². The fourth-order valence-corrected chi connectivity index (χ4v) is 2.38. The van der Waals surface area contributed by atoms with Gasteiger partial charge in [-0.2, -0.15) is 4.98 Å². The maximum Gasteiger partial charge on any atom is 0.266 e. The van der Waals surface area contributed by atoms with Gasteiger partial charge in [0.05, 0.1) is 0 Å². The Kier molecular flexibility index (Phi) is 3.46. The smallest absolute Gasteiger partial charge is 0.266 e. The molecule has 1 fully saturated rings. The Morgan fingerprint density at radius 1 is 1.11 bits per heavy atom. The van der Waals surface area contributed by atoms with Crippen molar-refractivity contribution in [1.29, 1.82) is 0 Å². The van der Waals surface area contributed by atoms with Crippen molar-refractivity contribution in [3.8, 4) is 0 Å². The van der Waals surface area contributed by atoms with E-state index in [0.29, 0.717) is 11.8 Å². The van der Waals surface area contributed by atoms with Gasteiger partial charge >= 0.3 is 0 Å². The molecule has 1 aromatic carbocycles. The van der Waals surface area contributed by atoms with E-state index in [1.54, 1.807) is 0 Å². The Morgan fingerprint density at radius 3 is 2.58 bits per heavy atom. The van der Waals surface area contributed by atoms with Gasteiger partial charge in [0.25, 0.3) is 5.95 Å². The monoisotopic (exact) mass is 258 g/mol. The number of anilines is 1. The van der Waals surface area contributed by atoms with E-state index < -0.39 is 0 Å². The van der Waals surface area contributed by atoms with Crippen LogP contribution in [0.5, 0.6) is 0 Å². The van der Waals surface area contributed by atoms with E-state index in [1.165, 1.54) is 19.3 Å². The summed E-state index contributed by atoms with van der Waals surface area (Å²) in [5.41, 5.74) is 7.13. The molecule has 2 N–H and O–H groups in total. The number of rotatable bonds is 3. The Balaban J connectivity index is 1.77. The largest absolute Gasteiger partial charge is 0.338 e. The zero-order valence-electron chi connectivity index (χ0n) is 10.8. The van der Waals surface area contributed by atoms with Gasteiger partial charge in [0.1, 0.15) is 6.04 Å². The van der Waals surface area contributed by atoms with E-state index in [0.717, 1.165) is 18.7 Å². The number of hydrogen-bond acceptors (Lipinski definition) is 5. The van der Waals surface area contributed by atoms with Gasteiger partial charge < -0.3 is 15.2 Å². The molecule has 2 heterocycles. The minimum absolute atomic E-state index is 0.354. The predicted octanol–water partition coefficient (Wildman–Crippen LogP) is 2.11. The zero-order chi connectivity index (χ0) is 13.1. The molecule has 2 aromatic rings. The fraction of sp³-hybridized carbons (Fsp3) is 0.429.